The van der Waals surface area contributed by atoms with E-state index in [0.29, 0.717) is 12.5 Å². The van der Waals surface area contributed by atoms with Crippen LogP contribution in [0.3, 0.4) is 0 Å². The highest BCUT2D eigenvalue weighted by Crippen LogP contribution is 2.21. The van der Waals surface area contributed by atoms with Crippen molar-refractivity contribution in [1.29, 1.82) is 0 Å². The predicted molar refractivity (Wildman–Crippen MR) is 101 cm³/mol. The number of rotatable bonds is 6. The fourth-order valence-electron chi connectivity index (χ4n) is 3.85. The second kappa shape index (κ2) is 9.02. The molecular formula is C20H29ClN2O2. The summed E-state index contributed by atoms with van der Waals surface area (Å²) in [7, 11) is 1.95. The first kappa shape index (κ1) is 18.7. The molecule has 2 aliphatic rings. The molecule has 2 heterocycles. The van der Waals surface area contributed by atoms with Crippen molar-refractivity contribution in [3.8, 4) is 0 Å². The second-order valence-electron chi connectivity index (χ2n) is 7.44. The van der Waals surface area contributed by atoms with Crippen molar-refractivity contribution in [2.45, 2.75) is 25.7 Å². The van der Waals surface area contributed by atoms with Gasteiger partial charge in [-0.2, -0.15) is 0 Å². The third-order valence-corrected chi connectivity index (χ3v) is 5.78. The number of ether oxygens (including phenoxy) is 1. The fourth-order valence-corrected chi connectivity index (χ4v) is 3.98. The number of hydrogen-bond acceptors (Lipinski definition) is 3. The average Bonchev–Trinajstić information content (AvgIpc) is 3.16. The predicted octanol–water partition coefficient (Wildman–Crippen LogP) is 3.09. The number of piperidine rings is 1. The Bertz CT molecular complexity index is 549. The van der Waals surface area contributed by atoms with Crippen LogP contribution in [0.1, 0.15) is 24.8 Å². The van der Waals surface area contributed by atoms with Gasteiger partial charge < -0.3 is 14.5 Å². The maximum atomic E-state index is 12.4. The molecule has 0 spiro atoms. The Morgan fingerprint density at radius 1 is 1.24 bits per heavy atom. The van der Waals surface area contributed by atoms with Crippen molar-refractivity contribution in [3.05, 3.63) is 34.9 Å². The summed E-state index contributed by atoms with van der Waals surface area (Å²) in [6.07, 6.45) is 4.31. The number of nitrogens with zero attached hydrogens (tertiary/aromatic N) is 2. The number of likely N-dealkylation sites (tertiary alicyclic amines) is 1. The minimum absolute atomic E-state index is 0.0875. The molecule has 0 bridgehead atoms. The lowest BCUT2D eigenvalue weighted by atomic mass is 9.95. The normalized spacial score (nSPS) is 22.2. The van der Waals surface area contributed by atoms with E-state index in [-0.39, 0.29) is 11.8 Å². The Balaban J connectivity index is 1.36. The van der Waals surface area contributed by atoms with E-state index in [2.05, 4.69) is 17.0 Å². The van der Waals surface area contributed by atoms with E-state index in [4.69, 9.17) is 16.3 Å². The molecule has 1 atom stereocenters. The summed E-state index contributed by atoms with van der Waals surface area (Å²) in [6, 6.07) is 8.15. The minimum Gasteiger partial charge on any atom is -0.381 e. The van der Waals surface area contributed by atoms with Crippen LogP contribution < -0.4 is 0 Å². The van der Waals surface area contributed by atoms with Crippen LogP contribution in [0.4, 0.5) is 0 Å². The van der Waals surface area contributed by atoms with Crippen molar-refractivity contribution in [2.24, 2.45) is 11.8 Å². The molecule has 0 aromatic heterocycles. The standard InChI is InChI=1S/C20H29ClN2O2/c1-22(20(24)18-9-13-25-15-18)14-17-7-11-23(12-8-17)10-6-16-2-4-19(21)5-3-16/h2-5,17-18H,6-15H2,1H3. The first-order valence-electron chi connectivity index (χ1n) is 9.41. The highest BCUT2D eigenvalue weighted by Gasteiger charge is 2.28. The first-order valence-corrected chi connectivity index (χ1v) is 9.79. The molecule has 2 fully saturated rings. The summed E-state index contributed by atoms with van der Waals surface area (Å²) in [5, 5.41) is 0.799. The van der Waals surface area contributed by atoms with Crippen LogP contribution >= 0.6 is 11.6 Å². The molecule has 1 aromatic rings. The van der Waals surface area contributed by atoms with E-state index in [9.17, 15) is 4.79 Å². The minimum atomic E-state index is 0.0875. The molecule has 0 N–H and O–H groups in total. The van der Waals surface area contributed by atoms with Crippen LogP contribution in [-0.4, -0.2) is 62.1 Å². The molecule has 2 aliphatic heterocycles. The lowest BCUT2D eigenvalue weighted by molar-refractivity contribution is -0.134. The van der Waals surface area contributed by atoms with Crippen LogP contribution in [0, 0.1) is 11.8 Å². The Morgan fingerprint density at radius 3 is 2.60 bits per heavy atom. The SMILES string of the molecule is CN(CC1CCN(CCc2ccc(Cl)cc2)CC1)C(=O)C1CCOC1. The van der Waals surface area contributed by atoms with Gasteiger partial charge in [-0.25, -0.2) is 0 Å². The molecule has 0 saturated carbocycles. The van der Waals surface area contributed by atoms with Crippen molar-refractivity contribution in [3.63, 3.8) is 0 Å². The molecule has 1 amide bonds. The lowest BCUT2D eigenvalue weighted by Crippen LogP contribution is -2.41. The van der Waals surface area contributed by atoms with Crippen LogP contribution in [0.25, 0.3) is 0 Å². The van der Waals surface area contributed by atoms with Gasteiger partial charge in [0.05, 0.1) is 12.5 Å². The van der Waals surface area contributed by atoms with Crippen LogP contribution in [-0.2, 0) is 16.0 Å². The maximum absolute atomic E-state index is 12.4. The zero-order valence-electron chi connectivity index (χ0n) is 15.1. The van der Waals surface area contributed by atoms with E-state index in [1.807, 2.05) is 24.1 Å². The molecule has 4 nitrogen and oxygen atoms in total. The van der Waals surface area contributed by atoms with Gasteiger partial charge in [0.2, 0.25) is 5.91 Å². The molecule has 2 saturated heterocycles. The molecule has 3 rings (SSSR count). The van der Waals surface area contributed by atoms with Gasteiger partial charge >= 0.3 is 0 Å². The Morgan fingerprint density at radius 2 is 1.96 bits per heavy atom. The summed E-state index contributed by atoms with van der Waals surface area (Å²) in [5.41, 5.74) is 1.34. The van der Waals surface area contributed by atoms with E-state index in [0.717, 1.165) is 50.7 Å². The summed E-state index contributed by atoms with van der Waals surface area (Å²) < 4.78 is 5.34. The van der Waals surface area contributed by atoms with Crippen molar-refractivity contribution in [1.82, 2.24) is 9.80 Å². The zero-order chi connectivity index (χ0) is 17.6. The van der Waals surface area contributed by atoms with Gasteiger partial charge in [0.25, 0.3) is 0 Å². The molecule has 25 heavy (non-hydrogen) atoms. The van der Waals surface area contributed by atoms with E-state index in [1.165, 1.54) is 18.4 Å². The summed E-state index contributed by atoms with van der Waals surface area (Å²) in [4.78, 5) is 16.9. The number of carbonyl (C=O) groups excluding carboxylic acids is 1. The quantitative estimate of drug-likeness (QED) is 0.777. The fraction of sp³-hybridized carbons (Fsp3) is 0.650. The van der Waals surface area contributed by atoms with E-state index in [1.54, 1.807) is 0 Å². The van der Waals surface area contributed by atoms with Crippen LogP contribution in [0.5, 0.6) is 0 Å². The van der Waals surface area contributed by atoms with Gasteiger partial charge in [0.1, 0.15) is 0 Å². The third kappa shape index (κ3) is 5.44. The molecular weight excluding hydrogens is 336 g/mol. The Hall–Kier alpha value is -1.10. The monoisotopic (exact) mass is 364 g/mol. The van der Waals surface area contributed by atoms with E-state index >= 15 is 0 Å². The Kier molecular flexibility index (Phi) is 6.74. The zero-order valence-corrected chi connectivity index (χ0v) is 15.9. The summed E-state index contributed by atoms with van der Waals surface area (Å²) in [5.74, 6) is 0.982. The topological polar surface area (TPSA) is 32.8 Å². The molecule has 1 aromatic carbocycles. The van der Waals surface area contributed by atoms with Gasteiger partial charge in [-0.1, -0.05) is 23.7 Å². The Labute approximate surface area is 156 Å². The average molecular weight is 365 g/mol. The van der Waals surface area contributed by atoms with Crippen LogP contribution in [0.2, 0.25) is 5.02 Å². The van der Waals surface area contributed by atoms with Gasteiger partial charge in [0, 0.05) is 31.8 Å². The summed E-state index contributed by atoms with van der Waals surface area (Å²) >= 11 is 5.94. The molecule has 5 heteroatoms. The van der Waals surface area contributed by atoms with Gasteiger partial charge in [0.15, 0.2) is 0 Å². The van der Waals surface area contributed by atoms with Gasteiger partial charge in [-0.15, -0.1) is 0 Å². The molecule has 0 aliphatic carbocycles. The summed E-state index contributed by atoms with van der Waals surface area (Å²) in [6.45, 7) is 5.59. The lowest BCUT2D eigenvalue weighted by Gasteiger charge is -2.34. The maximum Gasteiger partial charge on any atom is 0.227 e. The molecule has 0 radical (unpaired) electrons. The second-order valence-corrected chi connectivity index (χ2v) is 7.88. The smallest absolute Gasteiger partial charge is 0.227 e. The van der Waals surface area contributed by atoms with Gasteiger partial charge in [-0.05, 0) is 62.4 Å². The number of carbonyl (C=O) groups is 1. The molecule has 138 valence electrons. The van der Waals surface area contributed by atoms with Crippen molar-refractivity contribution in [2.75, 3.05) is 46.4 Å². The largest absolute Gasteiger partial charge is 0.381 e. The third-order valence-electron chi connectivity index (χ3n) is 5.52. The highest BCUT2D eigenvalue weighted by atomic mass is 35.5. The number of hydrogen-bond donors (Lipinski definition) is 0. The van der Waals surface area contributed by atoms with E-state index < -0.39 is 0 Å². The number of halogens is 1. The van der Waals surface area contributed by atoms with Crippen molar-refractivity contribution >= 4 is 17.5 Å². The van der Waals surface area contributed by atoms with Crippen LogP contribution in [0.15, 0.2) is 24.3 Å². The number of amides is 1. The highest BCUT2D eigenvalue weighted by molar-refractivity contribution is 6.30. The molecule has 1 unspecified atom stereocenters. The number of benzene rings is 1. The first-order chi connectivity index (χ1) is 12.1. The van der Waals surface area contributed by atoms with Crippen molar-refractivity contribution < 1.29 is 9.53 Å². The van der Waals surface area contributed by atoms with Gasteiger partial charge in [-0.3, -0.25) is 4.79 Å².